The SMILES string of the molecule is Cc1cc(C)c2c(CNC(=O)c3cc4cc(Br)ccc4o3)cc(=O)oc2c1. The van der Waals surface area contributed by atoms with Gasteiger partial charge in [-0.15, -0.1) is 0 Å². The highest BCUT2D eigenvalue weighted by molar-refractivity contribution is 9.10. The Hall–Kier alpha value is -2.86. The quantitative estimate of drug-likeness (QED) is 0.476. The van der Waals surface area contributed by atoms with Gasteiger partial charge in [0.05, 0.1) is 0 Å². The van der Waals surface area contributed by atoms with E-state index in [1.54, 1.807) is 12.1 Å². The van der Waals surface area contributed by atoms with Crippen molar-refractivity contribution < 1.29 is 13.6 Å². The predicted molar refractivity (Wildman–Crippen MR) is 107 cm³/mol. The molecule has 1 amide bonds. The number of aryl methyl sites for hydroxylation is 2. The van der Waals surface area contributed by atoms with E-state index in [0.717, 1.165) is 26.4 Å². The molecule has 0 saturated carbocycles. The highest BCUT2D eigenvalue weighted by Crippen LogP contribution is 2.25. The van der Waals surface area contributed by atoms with Crippen LogP contribution in [0, 0.1) is 13.8 Å². The van der Waals surface area contributed by atoms with Crippen molar-refractivity contribution in [1.82, 2.24) is 5.32 Å². The number of hydrogen-bond acceptors (Lipinski definition) is 4. The van der Waals surface area contributed by atoms with Crippen molar-refractivity contribution in [3.8, 4) is 0 Å². The molecule has 6 heteroatoms. The molecule has 5 nitrogen and oxygen atoms in total. The number of benzene rings is 2. The number of amides is 1. The lowest BCUT2D eigenvalue weighted by atomic mass is 10.0. The largest absolute Gasteiger partial charge is 0.451 e. The van der Waals surface area contributed by atoms with Crippen molar-refractivity contribution in [2.24, 2.45) is 0 Å². The van der Waals surface area contributed by atoms with Gasteiger partial charge in [0.25, 0.3) is 5.91 Å². The molecule has 0 aliphatic carbocycles. The van der Waals surface area contributed by atoms with Gasteiger partial charge in [-0.1, -0.05) is 22.0 Å². The molecule has 2 aromatic heterocycles. The van der Waals surface area contributed by atoms with Crippen molar-refractivity contribution in [2.75, 3.05) is 0 Å². The van der Waals surface area contributed by atoms with Crippen molar-refractivity contribution in [1.29, 1.82) is 0 Å². The Labute approximate surface area is 163 Å². The molecule has 0 unspecified atom stereocenters. The van der Waals surface area contributed by atoms with Gasteiger partial charge in [0.1, 0.15) is 11.2 Å². The third kappa shape index (κ3) is 3.40. The number of nitrogens with one attached hydrogen (secondary N) is 1. The minimum Gasteiger partial charge on any atom is -0.451 e. The molecule has 0 atom stereocenters. The molecule has 0 aliphatic heterocycles. The second-order valence-corrected chi connectivity index (χ2v) is 7.44. The van der Waals surface area contributed by atoms with Crippen LogP contribution in [-0.2, 0) is 6.54 Å². The molecule has 2 aromatic carbocycles. The second-order valence-electron chi connectivity index (χ2n) is 6.52. The molecule has 0 aliphatic rings. The summed E-state index contributed by atoms with van der Waals surface area (Å²) in [4.78, 5) is 24.4. The molecule has 0 spiro atoms. The first-order chi connectivity index (χ1) is 12.9. The van der Waals surface area contributed by atoms with Gasteiger partial charge in [-0.05, 0) is 60.9 Å². The van der Waals surface area contributed by atoms with Crippen LogP contribution in [0.4, 0.5) is 0 Å². The molecule has 136 valence electrons. The monoisotopic (exact) mass is 425 g/mol. The van der Waals surface area contributed by atoms with Crippen LogP contribution in [0.1, 0.15) is 27.2 Å². The average molecular weight is 426 g/mol. The molecule has 0 bridgehead atoms. The van der Waals surface area contributed by atoms with Crippen LogP contribution >= 0.6 is 15.9 Å². The fraction of sp³-hybridized carbons (Fsp3) is 0.143. The third-order valence-electron chi connectivity index (χ3n) is 4.41. The summed E-state index contributed by atoms with van der Waals surface area (Å²) >= 11 is 3.40. The van der Waals surface area contributed by atoms with E-state index in [2.05, 4.69) is 21.2 Å². The van der Waals surface area contributed by atoms with Crippen molar-refractivity contribution in [3.05, 3.63) is 79.8 Å². The standard InChI is InChI=1S/C21H16BrNO4/c1-11-5-12(2)20-14(9-19(24)27-17(20)6-11)10-23-21(25)18-8-13-7-15(22)3-4-16(13)26-18/h3-9H,10H2,1-2H3,(H,23,25). The molecule has 4 rings (SSSR count). The van der Waals surface area contributed by atoms with Crippen LogP contribution in [-0.4, -0.2) is 5.91 Å². The van der Waals surface area contributed by atoms with Gasteiger partial charge < -0.3 is 14.2 Å². The van der Waals surface area contributed by atoms with Crippen LogP contribution < -0.4 is 10.9 Å². The van der Waals surface area contributed by atoms with Gasteiger partial charge in [-0.3, -0.25) is 4.79 Å². The van der Waals surface area contributed by atoms with E-state index < -0.39 is 5.63 Å². The van der Waals surface area contributed by atoms with Crippen molar-refractivity contribution in [2.45, 2.75) is 20.4 Å². The number of rotatable bonds is 3. The summed E-state index contributed by atoms with van der Waals surface area (Å²) in [6, 6.07) is 12.5. The Morgan fingerprint density at radius 1 is 1.04 bits per heavy atom. The van der Waals surface area contributed by atoms with Crippen molar-refractivity contribution >= 4 is 43.8 Å². The zero-order valence-electron chi connectivity index (χ0n) is 14.8. The first-order valence-corrected chi connectivity index (χ1v) is 9.21. The van der Waals surface area contributed by atoms with Gasteiger partial charge in [-0.25, -0.2) is 4.79 Å². The minimum absolute atomic E-state index is 0.200. The maximum Gasteiger partial charge on any atom is 0.336 e. The zero-order chi connectivity index (χ0) is 19.1. The van der Waals surface area contributed by atoms with E-state index in [1.165, 1.54) is 6.07 Å². The number of hydrogen-bond donors (Lipinski definition) is 1. The molecule has 0 saturated heterocycles. The highest BCUT2D eigenvalue weighted by Gasteiger charge is 2.14. The summed E-state index contributed by atoms with van der Waals surface area (Å²) < 4.78 is 11.8. The van der Waals surface area contributed by atoms with Gasteiger partial charge in [0, 0.05) is 27.9 Å². The average Bonchev–Trinajstić information content (AvgIpc) is 3.01. The lowest BCUT2D eigenvalue weighted by Gasteiger charge is -2.09. The molecule has 1 N–H and O–H groups in total. The van der Waals surface area contributed by atoms with Crippen LogP contribution in [0.2, 0.25) is 0 Å². The van der Waals surface area contributed by atoms with Crippen LogP contribution in [0.5, 0.6) is 0 Å². The van der Waals surface area contributed by atoms with Gasteiger partial charge in [-0.2, -0.15) is 0 Å². The van der Waals surface area contributed by atoms with Crippen LogP contribution in [0.15, 0.2) is 60.6 Å². The van der Waals surface area contributed by atoms with Crippen LogP contribution in [0.3, 0.4) is 0 Å². The fourth-order valence-electron chi connectivity index (χ4n) is 3.30. The van der Waals surface area contributed by atoms with Crippen LogP contribution in [0.25, 0.3) is 21.9 Å². The Balaban J connectivity index is 1.64. The third-order valence-corrected chi connectivity index (χ3v) is 4.90. The summed E-state index contributed by atoms with van der Waals surface area (Å²) in [5.41, 5.74) is 3.44. The van der Waals surface area contributed by atoms with E-state index in [4.69, 9.17) is 8.83 Å². The Bertz CT molecular complexity index is 1250. The van der Waals surface area contributed by atoms with Gasteiger partial charge >= 0.3 is 5.63 Å². The van der Waals surface area contributed by atoms with E-state index in [0.29, 0.717) is 16.7 Å². The van der Waals surface area contributed by atoms with E-state index >= 15 is 0 Å². The normalized spacial score (nSPS) is 11.2. The smallest absolute Gasteiger partial charge is 0.336 e. The molecular formula is C21H16BrNO4. The minimum atomic E-state index is -0.440. The second kappa shape index (κ2) is 6.70. The number of carbonyl (C=O) groups excluding carboxylic acids is 1. The Morgan fingerprint density at radius 2 is 1.85 bits per heavy atom. The van der Waals surface area contributed by atoms with E-state index in [1.807, 2.05) is 38.1 Å². The summed E-state index contributed by atoms with van der Waals surface area (Å²) in [5.74, 6) is -0.114. The zero-order valence-corrected chi connectivity index (χ0v) is 16.3. The highest BCUT2D eigenvalue weighted by atomic mass is 79.9. The summed E-state index contributed by atoms with van der Waals surface area (Å²) in [5, 5.41) is 4.51. The fourth-order valence-corrected chi connectivity index (χ4v) is 3.68. The summed E-state index contributed by atoms with van der Waals surface area (Å²) in [6.07, 6.45) is 0. The summed E-state index contributed by atoms with van der Waals surface area (Å²) in [6.45, 7) is 4.10. The number of halogens is 1. The van der Waals surface area contributed by atoms with Gasteiger partial charge in [0.15, 0.2) is 5.76 Å². The molecular weight excluding hydrogens is 410 g/mol. The van der Waals surface area contributed by atoms with Crippen molar-refractivity contribution in [3.63, 3.8) is 0 Å². The molecule has 0 radical (unpaired) electrons. The first-order valence-electron chi connectivity index (χ1n) is 8.42. The lowest BCUT2D eigenvalue weighted by Crippen LogP contribution is -2.23. The Morgan fingerprint density at radius 3 is 2.67 bits per heavy atom. The predicted octanol–water partition coefficient (Wildman–Crippen LogP) is 4.85. The molecule has 4 aromatic rings. The first kappa shape index (κ1) is 17.5. The topological polar surface area (TPSA) is 72.5 Å². The molecule has 2 heterocycles. The number of carbonyl (C=O) groups is 1. The molecule has 27 heavy (non-hydrogen) atoms. The summed E-state index contributed by atoms with van der Waals surface area (Å²) in [7, 11) is 0. The number of fused-ring (bicyclic) bond motifs is 2. The lowest BCUT2D eigenvalue weighted by molar-refractivity contribution is 0.0925. The van der Waals surface area contributed by atoms with Gasteiger partial charge in [0.2, 0.25) is 0 Å². The number of furan rings is 1. The van der Waals surface area contributed by atoms with E-state index in [9.17, 15) is 9.59 Å². The van der Waals surface area contributed by atoms with E-state index in [-0.39, 0.29) is 18.2 Å². The Kier molecular flexibility index (Phi) is 4.36. The maximum absolute atomic E-state index is 12.5. The molecule has 0 fully saturated rings. The maximum atomic E-state index is 12.5.